The van der Waals surface area contributed by atoms with E-state index in [4.69, 9.17) is 11.6 Å². The van der Waals surface area contributed by atoms with Crippen molar-refractivity contribution in [3.63, 3.8) is 0 Å². The fourth-order valence-corrected chi connectivity index (χ4v) is 3.85. The summed E-state index contributed by atoms with van der Waals surface area (Å²) >= 11 is 7.57. The van der Waals surface area contributed by atoms with Gasteiger partial charge in [-0.3, -0.25) is 9.69 Å². The molecule has 2 aromatic carbocycles. The first-order chi connectivity index (χ1) is 12.0. The number of fused-ring (bicyclic) bond motifs is 1. The molecule has 0 bridgehead atoms. The Bertz CT molecular complexity index is 843. The van der Waals surface area contributed by atoms with Crippen molar-refractivity contribution in [3.8, 4) is 0 Å². The Hall–Kier alpha value is -1.95. The van der Waals surface area contributed by atoms with E-state index in [1.165, 1.54) is 0 Å². The number of amides is 1. The zero-order valence-electron chi connectivity index (χ0n) is 14.4. The van der Waals surface area contributed by atoms with Crippen molar-refractivity contribution in [2.24, 2.45) is 0 Å². The van der Waals surface area contributed by atoms with Crippen LogP contribution in [0.4, 0.5) is 0 Å². The Labute approximate surface area is 156 Å². The number of carbonyl (C=O) groups excluding carboxylic acids is 1. The quantitative estimate of drug-likeness (QED) is 0.719. The second kappa shape index (κ2) is 7.52. The molecule has 3 rings (SSSR count). The van der Waals surface area contributed by atoms with Gasteiger partial charge < -0.3 is 5.32 Å². The molecule has 0 unspecified atom stereocenters. The molecule has 4 nitrogen and oxygen atoms in total. The molecular weight excluding hydrogens is 354 g/mol. The minimum absolute atomic E-state index is 0.0564. The number of hydrogen-bond donors (Lipinski definition) is 1. The monoisotopic (exact) mass is 373 g/mol. The molecule has 0 fully saturated rings. The molecule has 1 heterocycles. The topological polar surface area (TPSA) is 45.2 Å². The number of benzene rings is 2. The molecule has 2 atom stereocenters. The first-order valence-corrected chi connectivity index (χ1v) is 9.23. The van der Waals surface area contributed by atoms with Gasteiger partial charge in [0.2, 0.25) is 5.91 Å². The summed E-state index contributed by atoms with van der Waals surface area (Å²) in [7, 11) is 3.78. The fraction of sp³-hybridized carbons (Fsp3) is 0.263. The number of aromatic nitrogens is 1. The Morgan fingerprint density at radius 3 is 2.48 bits per heavy atom. The van der Waals surface area contributed by atoms with E-state index in [2.05, 4.69) is 10.3 Å². The average molecular weight is 374 g/mol. The lowest BCUT2D eigenvalue weighted by atomic mass is 10.0. The number of nitrogens with zero attached hydrogens (tertiary/aromatic N) is 2. The van der Waals surface area contributed by atoms with Gasteiger partial charge in [0.15, 0.2) is 0 Å². The highest BCUT2D eigenvalue weighted by molar-refractivity contribution is 7.18. The number of likely N-dealkylation sites (N-methyl/N-ethyl adjacent to an activating group) is 1. The molecular formula is C19H20ClN3OS. The lowest BCUT2D eigenvalue weighted by Crippen LogP contribution is -2.38. The third-order valence-corrected chi connectivity index (χ3v) is 5.46. The molecule has 0 aliphatic rings. The maximum absolute atomic E-state index is 12.9. The Morgan fingerprint density at radius 2 is 1.84 bits per heavy atom. The van der Waals surface area contributed by atoms with Gasteiger partial charge in [-0.25, -0.2) is 4.98 Å². The number of rotatable bonds is 5. The van der Waals surface area contributed by atoms with Crippen LogP contribution in [0.3, 0.4) is 0 Å². The smallest absolute Gasteiger partial charge is 0.242 e. The maximum Gasteiger partial charge on any atom is 0.242 e. The number of hydrogen-bond acceptors (Lipinski definition) is 4. The normalized spacial score (nSPS) is 13.8. The molecule has 1 N–H and O–H groups in total. The van der Waals surface area contributed by atoms with Crippen molar-refractivity contribution in [1.82, 2.24) is 15.2 Å². The number of para-hydroxylation sites is 1. The minimum Gasteiger partial charge on any atom is -0.345 e. The van der Waals surface area contributed by atoms with Crippen LogP contribution in [0, 0.1) is 0 Å². The molecule has 0 spiro atoms. The molecule has 0 saturated carbocycles. The van der Waals surface area contributed by atoms with Crippen molar-refractivity contribution in [3.05, 3.63) is 64.1 Å². The summed E-state index contributed by atoms with van der Waals surface area (Å²) in [6.45, 7) is 1.96. The average Bonchev–Trinajstić information content (AvgIpc) is 3.01. The van der Waals surface area contributed by atoms with Crippen LogP contribution in [0.2, 0.25) is 5.02 Å². The Balaban J connectivity index is 1.79. The van der Waals surface area contributed by atoms with Gasteiger partial charge in [0, 0.05) is 5.02 Å². The lowest BCUT2D eigenvalue weighted by Gasteiger charge is -2.25. The molecule has 1 amide bonds. The van der Waals surface area contributed by atoms with Gasteiger partial charge in [0.05, 0.1) is 16.3 Å². The lowest BCUT2D eigenvalue weighted by molar-refractivity contribution is -0.126. The number of halogens is 1. The summed E-state index contributed by atoms with van der Waals surface area (Å²) in [5, 5.41) is 4.65. The van der Waals surface area contributed by atoms with E-state index >= 15 is 0 Å². The van der Waals surface area contributed by atoms with Crippen molar-refractivity contribution in [2.45, 2.75) is 19.0 Å². The number of thiazole rings is 1. The molecule has 0 aliphatic heterocycles. The van der Waals surface area contributed by atoms with Crippen molar-refractivity contribution in [1.29, 1.82) is 0 Å². The van der Waals surface area contributed by atoms with Gasteiger partial charge in [-0.2, -0.15) is 0 Å². The van der Waals surface area contributed by atoms with Gasteiger partial charge in [-0.15, -0.1) is 11.3 Å². The Kier molecular flexibility index (Phi) is 5.37. The van der Waals surface area contributed by atoms with Crippen LogP contribution in [0.5, 0.6) is 0 Å². The van der Waals surface area contributed by atoms with Crippen molar-refractivity contribution in [2.75, 3.05) is 14.1 Å². The summed E-state index contributed by atoms with van der Waals surface area (Å²) in [4.78, 5) is 19.4. The van der Waals surface area contributed by atoms with Crippen LogP contribution in [0.15, 0.2) is 48.5 Å². The largest absolute Gasteiger partial charge is 0.345 e. The van der Waals surface area contributed by atoms with Crippen LogP contribution in [0.1, 0.15) is 29.6 Å². The van der Waals surface area contributed by atoms with E-state index in [9.17, 15) is 4.79 Å². The summed E-state index contributed by atoms with van der Waals surface area (Å²) in [6, 6.07) is 14.8. The molecule has 130 valence electrons. The minimum atomic E-state index is -0.380. The van der Waals surface area contributed by atoms with Gasteiger partial charge >= 0.3 is 0 Å². The highest BCUT2D eigenvalue weighted by atomic mass is 35.5. The van der Waals surface area contributed by atoms with Crippen LogP contribution in [0.25, 0.3) is 10.2 Å². The van der Waals surface area contributed by atoms with Gasteiger partial charge in [-0.1, -0.05) is 35.9 Å². The van der Waals surface area contributed by atoms with E-state index in [-0.39, 0.29) is 18.0 Å². The first kappa shape index (κ1) is 17.9. The first-order valence-electron chi connectivity index (χ1n) is 8.03. The molecule has 1 aromatic heterocycles. The summed E-state index contributed by atoms with van der Waals surface area (Å²) in [5.41, 5.74) is 1.87. The van der Waals surface area contributed by atoms with Crippen LogP contribution >= 0.6 is 22.9 Å². The predicted octanol–water partition coefficient (Wildman–Crippen LogP) is 4.43. The van der Waals surface area contributed by atoms with Crippen LogP contribution in [-0.2, 0) is 4.79 Å². The molecule has 6 heteroatoms. The molecule has 0 saturated heterocycles. The summed E-state index contributed by atoms with van der Waals surface area (Å²) in [5.74, 6) is -0.0564. The third-order valence-electron chi connectivity index (χ3n) is 3.99. The van der Waals surface area contributed by atoms with E-state index in [1.807, 2.05) is 62.3 Å². The second-order valence-electron chi connectivity index (χ2n) is 6.17. The van der Waals surface area contributed by atoms with Gasteiger partial charge in [-0.05, 0) is 50.8 Å². The van der Waals surface area contributed by atoms with E-state index in [0.717, 1.165) is 20.8 Å². The standard InChI is InChI=1S/C19H20ClN3OS/c1-12(19-22-15-6-4-5-7-16(15)25-19)21-18(24)17(23(2)3)13-8-10-14(20)11-9-13/h4-12,17H,1-3H3,(H,21,24)/t12-,17-/m0/s1. The Morgan fingerprint density at radius 1 is 1.16 bits per heavy atom. The zero-order valence-corrected chi connectivity index (χ0v) is 15.9. The summed E-state index contributed by atoms with van der Waals surface area (Å²) < 4.78 is 1.13. The maximum atomic E-state index is 12.9. The highest BCUT2D eigenvalue weighted by Crippen LogP contribution is 2.27. The zero-order chi connectivity index (χ0) is 18.0. The molecule has 0 aliphatic carbocycles. The van der Waals surface area contributed by atoms with E-state index in [0.29, 0.717) is 5.02 Å². The number of nitrogens with one attached hydrogen (secondary N) is 1. The third kappa shape index (κ3) is 4.00. The number of carbonyl (C=O) groups is 1. The van der Waals surface area contributed by atoms with Gasteiger partial charge in [0.1, 0.15) is 11.0 Å². The van der Waals surface area contributed by atoms with E-state index < -0.39 is 0 Å². The second-order valence-corrected chi connectivity index (χ2v) is 7.67. The molecule has 25 heavy (non-hydrogen) atoms. The van der Waals surface area contributed by atoms with Crippen LogP contribution < -0.4 is 5.32 Å². The molecule has 3 aromatic rings. The van der Waals surface area contributed by atoms with Crippen molar-refractivity contribution < 1.29 is 4.79 Å². The van der Waals surface area contributed by atoms with Crippen molar-refractivity contribution >= 4 is 39.1 Å². The SMILES string of the molecule is C[C@H](NC(=O)[C@H](c1ccc(Cl)cc1)N(C)C)c1nc2ccccc2s1. The highest BCUT2D eigenvalue weighted by Gasteiger charge is 2.25. The van der Waals surface area contributed by atoms with E-state index in [1.54, 1.807) is 23.5 Å². The molecule has 0 radical (unpaired) electrons. The summed E-state index contributed by atoms with van der Waals surface area (Å²) in [6.07, 6.45) is 0. The fourth-order valence-electron chi connectivity index (χ4n) is 2.76. The predicted molar refractivity (Wildman–Crippen MR) is 104 cm³/mol. The van der Waals surface area contributed by atoms with Gasteiger partial charge in [0.25, 0.3) is 0 Å². The van der Waals surface area contributed by atoms with Crippen LogP contribution in [-0.4, -0.2) is 29.9 Å².